The van der Waals surface area contributed by atoms with E-state index in [-0.39, 0.29) is 0 Å². The summed E-state index contributed by atoms with van der Waals surface area (Å²) < 4.78 is 0. The lowest BCUT2D eigenvalue weighted by Crippen LogP contribution is -2.49. The Morgan fingerprint density at radius 2 is 1.76 bits per heavy atom. The third kappa shape index (κ3) is 5.84. The fraction of sp³-hybridized carbons (Fsp3) is 1.00. The first-order valence-electron chi connectivity index (χ1n) is 7.44. The molecule has 1 fully saturated rings. The van der Waals surface area contributed by atoms with Gasteiger partial charge in [-0.05, 0) is 39.3 Å². The van der Waals surface area contributed by atoms with E-state index in [0.717, 1.165) is 12.6 Å². The molecule has 1 saturated heterocycles. The number of unbranched alkanes of at least 4 members (excludes halogenated alkanes) is 2. The van der Waals surface area contributed by atoms with Gasteiger partial charge < -0.3 is 10.6 Å². The summed E-state index contributed by atoms with van der Waals surface area (Å²) in [5, 5.41) is 0. The summed E-state index contributed by atoms with van der Waals surface area (Å²) in [4.78, 5) is 5.27. The third-order valence-corrected chi connectivity index (χ3v) is 3.92. The Kier molecular flexibility index (Phi) is 7.82. The predicted molar refractivity (Wildman–Crippen MR) is 75.3 cm³/mol. The van der Waals surface area contributed by atoms with Crippen molar-refractivity contribution in [2.45, 2.75) is 52.0 Å². The monoisotopic (exact) mass is 241 g/mol. The first-order chi connectivity index (χ1) is 8.27. The van der Waals surface area contributed by atoms with E-state index >= 15 is 0 Å². The van der Waals surface area contributed by atoms with Crippen LogP contribution in [0, 0.1) is 0 Å². The molecule has 0 saturated carbocycles. The Morgan fingerprint density at radius 1 is 1.06 bits per heavy atom. The molecule has 102 valence electrons. The van der Waals surface area contributed by atoms with E-state index in [2.05, 4.69) is 23.6 Å². The molecule has 0 aliphatic carbocycles. The van der Waals surface area contributed by atoms with Crippen molar-refractivity contribution >= 4 is 0 Å². The van der Waals surface area contributed by atoms with Crippen LogP contribution in [0.4, 0.5) is 0 Å². The largest absolute Gasteiger partial charge is 0.330 e. The van der Waals surface area contributed by atoms with Gasteiger partial charge in [0.15, 0.2) is 0 Å². The van der Waals surface area contributed by atoms with Gasteiger partial charge in [0, 0.05) is 32.2 Å². The maximum Gasteiger partial charge on any atom is 0.0113 e. The minimum Gasteiger partial charge on any atom is -0.330 e. The van der Waals surface area contributed by atoms with Gasteiger partial charge >= 0.3 is 0 Å². The molecule has 3 nitrogen and oxygen atoms in total. The van der Waals surface area contributed by atoms with Crippen molar-refractivity contribution in [3.8, 4) is 0 Å². The molecule has 0 amide bonds. The first kappa shape index (κ1) is 14.9. The van der Waals surface area contributed by atoms with Crippen LogP contribution in [-0.2, 0) is 0 Å². The van der Waals surface area contributed by atoms with E-state index in [9.17, 15) is 0 Å². The Balaban J connectivity index is 2.08. The molecule has 1 aliphatic rings. The number of piperazine rings is 1. The van der Waals surface area contributed by atoms with Crippen LogP contribution < -0.4 is 5.73 Å². The fourth-order valence-corrected chi connectivity index (χ4v) is 2.68. The van der Waals surface area contributed by atoms with Crippen LogP contribution in [-0.4, -0.2) is 55.1 Å². The van der Waals surface area contributed by atoms with Crippen LogP contribution in [0.1, 0.15) is 46.0 Å². The van der Waals surface area contributed by atoms with Gasteiger partial charge in [0.05, 0.1) is 0 Å². The van der Waals surface area contributed by atoms with E-state index in [1.165, 1.54) is 64.8 Å². The second kappa shape index (κ2) is 8.90. The highest BCUT2D eigenvalue weighted by atomic mass is 15.3. The molecule has 0 bridgehead atoms. The molecule has 0 aromatic heterocycles. The van der Waals surface area contributed by atoms with Gasteiger partial charge in [-0.3, -0.25) is 4.90 Å². The predicted octanol–water partition coefficient (Wildman–Crippen LogP) is 1.92. The van der Waals surface area contributed by atoms with Crippen molar-refractivity contribution in [2.24, 2.45) is 5.73 Å². The second-order valence-corrected chi connectivity index (χ2v) is 5.36. The quantitative estimate of drug-likeness (QED) is 0.659. The number of hydrogen-bond donors (Lipinski definition) is 1. The summed E-state index contributed by atoms with van der Waals surface area (Å²) in [7, 11) is 0. The second-order valence-electron chi connectivity index (χ2n) is 5.36. The molecule has 0 spiro atoms. The highest BCUT2D eigenvalue weighted by Crippen LogP contribution is 2.11. The van der Waals surface area contributed by atoms with E-state index in [1.807, 2.05) is 0 Å². The average Bonchev–Trinajstić information content (AvgIpc) is 2.36. The molecule has 1 atom stereocenters. The van der Waals surface area contributed by atoms with Gasteiger partial charge in [-0.25, -0.2) is 0 Å². The molecule has 0 aromatic rings. The lowest BCUT2D eigenvalue weighted by molar-refractivity contribution is 0.0973. The van der Waals surface area contributed by atoms with E-state index in [4.69, 9.17) is 5.73 Å². The van der Waals surface area contributed by atoms with Crippen molar-refractivity contribution in [2.75, 3.05) is 39.3 Å². The molecule has 0 aromatic carbocycles. The van der Waals surface area contributed by atoms with Crippen LogP contribution in [0.2, 0.25) is 0 Å². The first-order valence-corrected chi connectivity index (χ1v) is 7.44. The number of hydrogen-bond acceptors (Lipinski definition) is 3. The summed E-state index contributed by atoms with van der Waals surface area (Å²) in [5.74, 6) is 0. The van der Waals surface area contributed by atoms with Crippen molar-refractivity contribution in [3.05, 3.63) is 0 Å². The Morgan fingerprint density at radius 3 is 2.35 bits per heavy atom. The van der Waals surface area contributed by atoms with Gasteiger partial charge in [-0.1, -0.05) is 19.8 Å². The van der Waals surface area contributed by atoms with Gasteiger partial charge in [-0.2, -0.15) is 0 Å². The lowest BCUT2D eigenvalue weighted by Gasteiger charge is -2.38. The van der Waals surface area contributed by atoms with Crippen LogP contribution in [0.15, 0.2) is 0 Å². The van der Waals surface area contributed by atoms with Gasteiger partial charge in [0.2, 0.25) is 0 Å². The molecule has 1 heterocycles. The van der Waals surface area contributed by atoms with E-state index < -0.39 is 0 Å². The highest BCUT2D eigenvalue weighted by molar-refractivity contribution is 4.75. The summed E-state index contributed by atoms with van der Waals surface area (Å²) in [6.07, 6.45) is 6.45. The van der Waals surface area contributed by atoms with Gasteiger partial charge in [-0.15, -0.1) is 0 Å². The number of nitrogens with zero attached hydrogens (tertiary/aromatic N) is 2. The SMILES string of the molecule is CCCC(C)N1CCN(CCCCCN)CC1. The average molecular weight is 241 g/mol. The maximum absolute atomic E-state index is 5.51. The lowest BCUT2D eigenvalue weighted by atomic mass is 10.1. The van der Waals surface area contributed by atoms with Crippen molar-refractivity contribution in [3.63, 3.8) is 0 Å². The molecular weight excluding hydrogens is 210 g/mol. The molecule has 1 aliphatic heterocycles. The zero-order chi connectivity index (χ0) is 12.5. The molecular formula is C14H31N3. The molecule has 1 unspecified atom stereocenters. The molecule has 2 N–H and O–H groups in total. The van der Waals surface area contributed by atoms with Gasteiger partial charge in [0.1, 0.15) is 0 Å². The smallest absolute Gasteiger partial charge is 0.0113 e. The van der Waals surface area contributed by atoms with Crippen LogP contribution in [0.5, 0.6) is 0 Å². The fourth-order valence-electron chi connectivity index (χ4n) is 2.68. The van der Waals surface area contributed by atoms with Crippen LogP contribution in [0.3, 0.4) is 0 Å². The van der Waals surface area contributed by atoms with Crippen LogP contribution in [0.25, 0.3) is 0 Å². The molecule has 3 heteroatoms. The summed E-state index contributed by atoms with van der Waals surface area (Å²) in [5.41, 5.74) is 5.51. The van der Waals surface area contributed by atoms with Crippen molar-refractivity contribution in [1.82, 2.24) is 9.80 Å². The topological polar surface area (TPSA) is 32.5 Å². The molecule has 0 radical (unpaired) electrons. The Labute approximate surface area is 107 Å². The Hall–Kier alpha value is -0.120. The summed E-state index contributed by atoms with van der Waals surface area (Å²) in [6.45, 7) is 11.8. The molecule has 17 heavy (non-hydrogen) atoms. The zero-order valence-corrected chi connectivity index (χ0v) is 11.8. The minimum absolute atomic E-state index is 0.777. The summed E-state index contributed by atoms with van der Waals surface area (Å²) >= 11 is 0. The number of nitrogens with two attached hydrogens (primary N) is 1. The Bertz CT molecular complexity index is 176. The normalized spacial score (nSPS) is 20.6. The van der Waals surface area contributed by atoms with Gasteiger partial charge in [0.25, 0.3) is 0 Å². The standard InChI is InChI=1S/C14H31N3/c1-3-7-14(2)17-12-10-16(11-13-17)9-6-4-5-8-15/h14H,3-13,15H2,1-2H3. The minimum atomic E-state index is 0.777. The van der Waals surface area contributed by atoms with Crippen molar-refractivity contribution < 1.29 is 0 Å². The maximum atomic E-state index is 5.51. The highest BCUT2D eigenvalue weighted by Gasteiger charge is 2.19. The zero-order valence-electron chi connectivity index (χ0n) is 11.8. The van der Waals surface area contributed by atoms with Crippen molar-refractivity contribution in [1.29, 1.82) is 0 Å². The van der Waals surface area contributed by atoms with Crippen LogP contribution >= 0.6 is 0 Å². The number of rotatable bonds is 8. The van der Waals surface area contributed by atoms with E-state index in [1.54, 1.807) is 0 Å². The molecule has 1 rings (SSSR count). The third-order valence-electron chi connectivity index (χ3n) is 3.92. The van der Waals surface area contributed by atoms with E-state index in [0.29, 0.717) is 0 Å². The summed E-state index contributed by atoms with van der Waals surface area (Å²) in [6, 6.07) is 0.777.